The molecule has 2 rings (SSSR count). The molecule has 26 heavy (non-hydrogen) atoms. The van der Waals surface area contributed by atoms with E-state index in [4.69, 9.17) is 4.74 Å². The first-order valence-electron chi connectivity index (χ1n) is 8.54. The average molecular weight is 356 g/mol. The van der Waals surface area contributed by atoms with Crippen LogP contribution in [0.4, 0.5) is 5.69 Å². The van der Waals surface area contributed by atoms with Gasteiger partial charge in [-0.15, -0.1) is 0 Å². The monoisotopic (exact) mass is 356 g/mol. The van der Waals surface area contributed by atoms with Crippen LogP contribution in [0.3, 0.4) is 0 Å². The van der Waals surface area contributed by atoms with Crippen LogP contribution in [0.2, 0.25) is 0 Å². The summed E-state index contributed by atoms with van der Waals surface area (Å²) in [7, 11) is 0. The van der Waals surface area contributed by atoms with Crippen LogP contribution in [0.25, 0.3) is 0 Å². The summed E-state index contributed by atoms with van der Waals surface area (Å²) in [4.78, 5) is 35.9. The number of aromatic nitrogens is 1. The van der Waals surface area contributed by atoms with Gasteiger partial charge in [-0.1, -0.05) is 0 Å². The highest BCUT2D eigenvalue weighted by Gasteiger charge is 2.22. The molecule has 1 aromatic carbocycles. The van der Waals surface area contributed by atoms with E-state index in [1.807, 2.05) is 25.3 Å². The number of rotatable bonds is 6. The third-order valence-corrected chi connectivity index (χ3v) is 4.32. The summed E-state index contributed by atoms with van der Waals surface area (Å²) in [5.41, 5.74) is 3.36. The molecule has 1 heterocycles. The summed E-state index contributed by atoms with van der Waals surface area (Å²) in [6, 6.07) is 8.31. The van der Waals surface area contributed by atoms with Crippen molar-refractivity contribution in [3.8, 4) is 0 Å². The maximum Gasteiger partial charge on any atom is 0.340 e. The summed E-state index contributed by atoms with van der Waals surface area (Å²) < 4.78 is 7.32. The predicted molar refractivity (Wildman–Crippen MR) is 99.5 cm³/mol. The third kappa shape index (κ3) is 4.20. The number of esters is 1. The SMILES string of the molecule is CCn1c(C)cc(C(=O)O[C@@H](C)C(=O)Nc2ccc(C(C)=O)cc2)c1C. The Balaban J connectivity index is 2.02. The van der Waals surface area contributed by atoms with Gasteiger partial charge in [0.25, 0.3) is 5.91 Å². The molecule has 0 saturated carbocycles. The second-order valence-electron chi connectivity index (χ2n) is 6.20. The van der Waals surface area contributed by atoms with E-state index in [0.717, 1.165) is 17.9 Å². The summed E-state index contributed by atoms with van der Waals surface area (Å²) in [5.74, 6) is -1.000. The molecule has 2 aromatic rings. The number of carbonyl (C=O) groups is 3. The first-order chi connectivity index (χ1) is 12.2. The van der Waals surface area contributed by atoms with Crippen molar-refractivity contribution in [2.45, 2.75) is 47.3 Å². The first kappa shape index (κ1) is 19.4. The van der Waals surface area contributed by atoms with Crippen LogP contribution in [-0.4, -0.2) is 28.3 Å². The van der Waals surface area contributed by atoms with Gasteiger partial charge in [0, 0.05) is 29.2 Å². The van der Waals surface area contributed by atoms with Crippen LogP contribution in [0.5, 0.6) is 0 Å². The standard InChI is InChI=1S/C20H24N2O4/c1-6-22-12(2)11-18(13(22)3)20(25)26-15(5)19(24)21-17-9-7-16(8-10-17)14(4)23/h7-11,15H,6H2,1-5H3,(H,21,24)/t15-/m0/s1. The quantitative estimate of drug-likeness (QED) is 0.635. The zero-order valence-electron chi connectivity index (χ0n) is 15.8. The molecule has 0 aliphatic rings. The van der Waals surface area contributed by atoms with Gasteiger partial charge in [0.2, 0.25) is 0 Å². The van der Waals surface area contributed by atoms with E-state index in [0.29, 0.717) is 16.8 Å². The highest BCUT2D eigenvalue weighted by Crippen LogP contribution is 2.17. The second kappa shape index (κ2) is 7.99. The molecule has 0 fully saturated rings. The molecule has 0 spiro atoms. The molecule has 0 aliphatic heterocycles. The lowest BCUT2D eigenvalue weighted by molar-refractivity contribution is -0.123. The van der Waals surface area contributed by atoms with Crippen molar-refractivity contribution in [2.75, 3.05) is 5.32 Å². The molecule has 0 radical (unpaired) electrons. The van der Waals surface area contributed by atoms with Gasteiger partial charge in [0.05, 0.1) is 5.56 Å². The molecule has 0 unspecified atom stereocenters. The van der Waals surface area contributed by atoms with Gasteiger partial charge in [-0.2, -0.15) is 0 Å². The zero-order chi connectivity index (χ0) is 19.4. The number of aryl methyl sites for hydroxylation is 1. The summed E-state index contributed by atoms with van der Waals surface area (Å²) in [6.07, 6.45) is -0.945. The minimum absolute atomic E-state index is 0.0464. The van der Waals surface area contributed by atoms with Crippen molar-refractivity contribution in [3.63, 3.8) is 0 Å². The summed E-state index contributed by atoms with van der Waals surface area (Å²) >= 11 is 0. The highest BCUT2D eigenvalue weighted by molar-refractivity contribution is 5.98. The van der Waals surface area contributed by atoms with Gasteiger partial charge in [0.1, 0.15) is 0 Å². The van der Waals surface area contributed by atoms with Gasteiger partial charge in [0.15, 0.2) is 11.9 Å². The Morgan fingerprint density at radius 1 is 1.15 bits per heavy atom. The van der Waals surface area contributed by atoms with E-state index in [9.17, 15) is 14.4 Å². The number of anilines is 1. The molecule has 0 saturated heterocycles. The van der Waals surface area contributed by atoms with Crippen molar-refractivity contribution < 1.29 is 19.1 Å². The largest absolute Gasteiger partial charge is 0.449 e. The number of nitrogens with zero attached hydrogens (tertiary/aromatic N) is 1. The minimum Gasteiger partial charge on any atom is -0.449 e. The van der Waals surface area contributed by atoms with Crippen molar-refractivity contribution in [2.24, 2.45) is 0 Å². The Kier molecular flexibility index (Phi) is 5.97. The number of ketones is 1. The van der Waals surface area contributed by atoms with Crippen molar-refractivity contribution in [1.82, 2.24) is 4.57 Å². The molecular formula is C20H24N2O4. The number of ether oxygens (including phenoxy) is 1. The summed E-state index contributed by atoms with van der Waals surface area (Å²) in [6.45, 7) is 9.54. The molecule has 1 atom stereocenters. The summed E-state index contributed by atoms with van der Waals surface area (Å²) in [5, 5.41) is 2.67. The van der Waals surface area contributed by atoms with Gasteiger partial charge in [-0.3, -0.25) is 9.59 Å². The number of nitrogens with one attached hydrogen (secondary N) is 1. The normalized spacial score (nSPS) is 11.7. The number of Topliss-reactive ketones (excluding diaryl/α,β-unsaturated/α-hetero) is 1. The Hall–Kier alpha value is -2.89. The fraction of sp³-hybridized carbons (Fsp3) is 0.350. The van der Waals surface area contributed by atoms with E-state index in [-0.39, 0.29) is 5.78 Å². The fourth-order valence-corrected chi connectivity index (χ4v) is 2.80. The number of benzene rings is 1. The van der Waals surface area contributed by atoms with Gasteiger partial charge in [-0.05, 0) is 65.0 Å². The van der Waals surface area contributed by atoms with Crippen LogP contribution in [0, 0.1) is 13.8 Å². The molecule has 1 N–H and O–H groups in total. The lowest BCUT2D eigenvalue weighted by Crippen LogP contribution is -2.30. The van der Waals surface area contributed by atoms with Crippen LogP contribution in [0.15, 0.2) is 30.3 Å². The van der Waals surface area contributed by atoms with Crippen molar-refractivity contribution in [3.05, 3.63) is 52.8 Å². The molecule has 6 nitrogen and oxygen atoms in total. The number of hydrogen-bond donors (Lipinski definition) is 1. The highest BCUT2D eigenvalue weighted by atomic mass is 16.5. The van der Waals surface area contributed by atoms with Gasteiger partial charge in [-0.25, -0.2) is 4.79 Å². The van der Waals surface area contributed by atoms with Crippen LogP contribution in [-0.2, 0) is 16.1 Å². The maximum atomic E-state index is 12.4. The van der Waals surface area contributed by atoms with Gasteiger partial charge < -0.3 is 14.6 Å². The van der Waals surface area contributed by atoms with E-state index in [1.165, 1.54) is 13.8 Å². The Morgan fingerprint density at radius 2 is 1.77 bits per heavy atom. The zero-order valence-corrected chi connectivity index (χ0v) is 15.8. The third-order valence-electron chi connectivity index (χ3n) is 4.32. The van der Waals surface area contributed by atoms with E-state index in [2.05, 4.69) is 5.32 Å². The van der Waals surface area contributed by atoms with Crippen molar-refractivity contribution in [1.29, 1.82) is 0 Å². The molecule has 0 bridgehead atoms. The Bertz CT molecular complexity index is 834. The number of hydrogen-bond acceptors (Lipinski definition) is 4. The molecule has 6 heteroatoms. The number of amides is 1. The molecule has 0 aliphatic carbocycles. The van der Waals surface area contributed by atoms with Crippen LogP contribution in [0.1, 0.15) is 52.9 Å². The predicted octanol–water partition coefficient (Wildman–Crippen LogP) is 3.51. The Morgan fingerprint density at radius 3 is 2.27 bits per heavy atom. The minimum atomic E-state index is -0.945. The van der Waals surface area contributed by atoms with Crippen LogP contribution >= 0.6 is 0 Å². The lowest BCUT2D eigenvalue weighted by Gasteiger charge is -2.14. The van der Waals surface area contributed by atoms with Gasteiger partial charge >= 0.3 is 5.97 Å². The van der Waals surface area contributed by atoms with E-state index < -0.39 is 18.0 Å². The lowest BCUT2D eigenvalue weighted by atomic mass is 10.1. The smallest absolute Gasteiger partial charge is 0.340 e. The molecule has 138 valence electrons. The molecule has 1 aromatic heterocycles. The second-order valence-corrected chi connectivity index (χ2v) is 6.20. The first-order valence-corrected chi connectivity index (χ1v) is 8.54. The van der Waals surface area contributed by atoms with E-state index >= 15 is 0 Å². The van der Waals surface area contributed by atoms with Crippen molar-refractivity contribution >= 4 is 23.3 Å². The molecule has 1 amide bonds. The molecular weight excluding hydrogens is 332 g/mol. The average Bonchev–Trinajstić information content (AvgIpc) is 2.89. The topological polar surface area (TPSA) is 77.4 Å². The number of carbonyl (C=O) groups excluding carboxylic acids is 3. The fourth-order valence-electron chi connectivity index (χ4n) is 2.80. The van der Waals surface area contributed by atoms with E-state index in [1.54, 1.807) is 30.3 Å². The Labute approximate surface area is 153 Å². The maximum absolute atomic E-state index is 12.4. The van der Waals surface area contributed by atoms with Crippen LogP contribution < -0.4 is 5.32 Å².